The highest BCUT2D eigenvalue weighted by atomic mass is 16.5. The Labute approximate surface area is 167 Å². The summed E-state index contributed by atoms with van der Waals surface area (Å²) >= 11 is 0. The summed E-state index contributed by atoms with van der Waals surface area (Å²) in [4.78, 5) is 15.0. The van der Waals surface area contributed by atoms with Crippen LogP contribution in [0.1, 0.15) is 54.2 Å². The van der Waals surface area contributed by atoms with Crippen molar-refractivity contribution < 1.29 is 9.53 Å². The third-order valence-corrected chi connectivity index (χ3v) is 5.71. The van der Waals surface area contributed by atoms with E-state index in [1.807, 2.05) is 26.0 Å². The van der Waals surface area contributed by atoms with Crippen molar-refractivity contribution in [1.29, 1.82) is 0 Å². The van der Waals surface area contributed by atoms with E-state index in [-0.39, 0.29) is 11.9 Å². The van der Waals surface area contributed by atoms with Crippen molar-refractivity contribution in [2.24, 2.45) is 0 Å². The van der Waals surface area contributed by atoms with Gasteiger partial charge < -0.3 is 10.1 Å². The standard InChI is InChI=1S/C22H32N4O2/c1-16-20(17(2)25-24-16)11-12-22(27)23-15-21(26-13-5-4-6-14-26)18-7-9-19(28-3)10-8-18/h7-10,21H,4-6,11-15H2,1-3H3,(H,23,27)(H,24,25)/t21-/m0/s1. The molecule has 0 aliphatic carbocycles. The Morgan fingerprint density at radius 2 is 1.93 bits per heavy atom. The summed E-state index contributed by atoms with van der Waals surface area (Å²) in [6, 6.07) is 8.43. The minimum Gasteiger partial charge on any atom is -0.497 e. The lowest BCUT2D eigenvalue weighted by Crippen LogP contribution is -2.40. The monoisotopic (exact) mass is 384 g/mol. The molecule has 6 heteroatoms. The summed E-state index contributed by atoms with van der Waals surface area (Å²) in [5, 5.41) is 10.4. The number of likely N-dealkylation sites (tertiary alicyclic amines) is 1. The topological polar surface area (TPSA) is 70.2 Å². The number of methoxy groups -OCH3 is 1. The predicted octanol–water partition coefficient (Wildman–Crippen LogP) is 3.31. The molecule has 6 nitrogen and oxygen atoms in total. The van der Waals surface area contributed by atoms with E-state index in [0.717, 1.165) is 42.2 Å². The highest BCUT2D eigenvalue weighted by Gasteiger charge is 2.23. The van der Waals surface area contributed by atoms with Crippen molar-refractivity contribution in [2.45, 2.75) is 52.0 Å². The summed E-state index contributed by atoms with van der Waals surface area (Å²) in [5.41, 5.74) is 4.41. The zero-order valence-corrected chi connectivity index (χ0v) is 17.3. The largest absolute Gasteiger partial charge is 0.497 e. The number of H-pyrrole nitrogens is 1. The van der Waals surface area contributed by atoms with Crippen LogP contribution in [0.5, 0.6) is 5.75 Å². The normalized spacial score (nSPS) is 16.0. The molecule has 2 heterocycles. The smallest absolute Gasteiger partial charge is 0.220 e. The van der Waals surface area contributed by atoms with Gasteiger partial charge in [-0.25, -0.2) is 0 Å². The van der Waals surface area contributed by atoms with E-state index in [0.29, 0.717) is 13.0 Å². The Bertz CT molecular complexity index is 744. The number of nitrogens with one attached hydrogen (secondary N) is 2. The Hall–Kier alpha value is -2.34. The first-order valence-corrected chi connectivity index (χ1v) is 10.2. The van der Waals surface area contributed by atoms with E-state index in [9.17, 15) is 4.79 Å². The molecular formula is C22H32N4O2. The molecule has 1 atom stereocenters. The number of nitrogens with zero attached hydrogens (tertiary/aromatic N) is 2. The van der Waals surface area contributed by atoms with Gasteiger partial charge in [0.15, 0.2) is 0 Å². The highest BCUT2D eigenvalue weighted by Crippen LogP contribution is 2.26. The molecule has 2 N–H and O–H groups in total. The van der Waals surface area contributed by atoms with E-state index in [4.69, 9.17) is 4.74 Å². The molecule has 3 rings (SSSR count). The second kappa shape index (κ2) is 9.73. The number of aryl methyl sites for hydroxylation is 2. The van der Waals surface area contributed by atoms with E-state index in [1.165, 1.54) is 24.8 Å². The van der Waals surface area contributed by atoms with E-state index < -0.39 is 0 Å². The van der Waals surface area contributed by atoms with Gasteiger partial charge in [-0.2, -0.15) is 5.10 Å². The van der Waals surface area contributed by atoms with Gasteiger partial charge >= 0.3 is 0 Å². The quantitative estimate of drug-likeness (QED) is 0.733. The lowest BCUT2D eigenvalue weighted by atomic mass is 10.0. The minimum atomic E-state index is 0.0931. The summed E-state index contributed by atoms with van der Waals surface area (Å²) in [6.07, 6.45) is 4.94. The number of aromatic nitrogens is 2. The molecule has 2 aromatic rings. The van der Waals surface area contributed by atoms with Crippen LogP contribution in [-0.2, 0) is 11.2 Å². The van der Waals surface area contributed by atoms with Gasteiger partial charge in [0.2, 0.25) is 5.91 Å². The van der Waals surface area contributed by atoms with Crippen molar-refractivity contribution in [1.82, 2.24) is 20.4 Å². The molecule has 0 bridgehead atoms. The van der Waals surface area contributed by atoms with Crippen LogP contribution >= 0.6 is 0 Å². The number of carbonyl (C=O) groups is 1. The highest BCUT2D eigenvalue weighted by molar-refractivity contribution is 5.76. The van der Waals surface area contributed by atoms with Gasteiger partial charge in [-0.3, -0.25) is 14.8 Å². The maximum Gasteiger partial charge on any atom is 0.220 e. The fourth-order valence-corrected chi connectivity index (χ4v) is 3.99. The molecule has 0 unspecified atom stereocenters. The molecule has 0 spiro atoms. The second-order valence-corrected chi connectivity index (χ2v) is 7.60. The van der Waals surface area contributed by atoms with Crippen LogP contribution in [0.15, 0.2) is 24.3 Å². The molecule has 152 valence electrons. The van der Waals surface area contributed by atoms with Crippen molar-refractivity contribution >= 4 is 5.91 Å². The summed E-state index contributed by atoms with van der Waals surface area (Å²) in [7, 11) is 1.68. The van der Waals surface area contributed by atoms with Crippen LogP contribution in [0.2, 0.25) is 0 Å². The van der Waals surface area contributed by atoms with Gasteiger partial charge in [0, 0.05) is 18.7 Å². The number of hydrogen-bond acceptors (Lipinski definition) is 4. The van der Waals surface area contributed by atoms with Gasteiger partial charge in [0.05, 0.1) is 18.8 Å². The lowest BCUT2D eigenvalue weighted by Gasteiger charge is -2.35. The van der Waals surface area contributed by atoms with Gasteiger partial charge in [0.25, 0.3) is 0 Å². The van der Waals surface area contributed by atoms with Gasteiger partial charge in [-0.15, -0.1) is 0 Å². The molecule has 1 amide bonds. The second-order valence-electron chi connectivity index (χ2n) is 7.60. The van der Waals surface area contributed by atoms with Crippen LogP contribution in [0.25, 0.3) is 0 Å². The molecule has 0 radical (unpaired) electrons. The number of rotatable bonds is 8. The van der Waals surface area contributed by atoms with E-state index in [1.54, 1.807) is 7.11 Å². The third kappa shape index (κ3) is 5.13. The maximum absolute atomic E-state index is 12.5. The average Bonchev–Trinajstić information content (AvgIpc) is 3.05. The zero-order chi connectivity index (χ0) is 19.9. The lowest BCUT2D eigenvalue weighted by molar-refractivity contribution is -0.121. The number of piperidine rings is 1. The van der Waals surface area contributed by atoms with Gasteiger partial charge in [0.1, 0.15) is 5.75 Å². The maximum atomic E-state index is 12.5. The minimum absolute atomic E-state index is 0.0931. The van der Waals surface area contributed by atoms with Crippen LogP contribution in [0, 0.1) is 13.8 Å². The zero-order valence-electron chi connectivity index (χ0n) is 17.3. The number of benzene rings is 1. The van der Waals surface area contributed by atoms with Crippen LogP contribution in [-0.4, -0.2) is 47.7 Å². The Kier molecular flexibility index (Phi) is 7.09. The molecule has 1 saturated heterocycles. The molecular weight excluding hydrogens is 352 g/mol. The van der Waals surface area contributed by atoms with Crippen LogP contribution < -0.4 is 10.1 Å². The Morgan fingerprint density at radius 3 is 2.54 bits per heavy atom. The average molecular weight is 385 g/mol. The number of aromatic amines is 1. The molecule has 1 aromatic carbocycles. The predicted molar refractivity (Wildman–Crippen MR) is 111 cm³/mol. The number of amides is 1. The SMILES string of the molecule is COc1ccc([C@H](CNC(=O)CCc2c(C)n[nH]c2C)N2CCCCC2)cc1. The van der Waals surface area contributed by atoms with Crippen molar-refractivity contribution in [3.05, 3.63) is 46.8 Å². The summed E-state index contributed by atoms with van der Waals surface area (Å²) in [6.45, 7) is 6.78. The van der Waals surface area contributed by atoms with Crippen molar-refractivity contribution in [3.63, 3.8) is 0 Å². The summed E-state index contributed by atoms with van der Waals surface area (Å²) in [5.74, 6) is 0.951. The number of hydrogen-bond donors (Lipinski definition) is 2. The number of ether oxygens (including phenoxy) is 1. The molecule has 28 heavy (non-hydrogen) atoms. The molecule has 1 aliphatic rings. The van der Waals surface area contributed by atoms with Crippen LogP contribution in [0.4, 0.5) is 0 Å². The first-order valence-electron chi connectivity index (χ1n) is 10.2. The molecule has 0 saturated carbocycles. The van der Waals surface area contributed by atoms with E-state index >= 15 is 0 Å². The summed E-state index contributed by atoms with van der Waals surface area (Å²) < 4.78 is 5.29. The molecule has 1 aliphatic heterocycles. The van der Waals surface area contributed by atoms with Gasteiger partial charge in [-0.05, 0) is 69.5 Å². The number of carbonyl (C=O) groups excluding carboxylic acids is 1. The van der Waals surface area contributed by atoms with Crippen molar-refractivity contribution in [3.8, 4) is 5.75 Å². The van der Waals surface area contributed by atoms with Crippen molar-refractivity contribution in [2.75, 3.05) is 26.7 Å². The fourth-order valence-electron chi connectivity index (χ4n) is 3.99. The molecule has 1 fully saturated rings. The first kappa shape index (κ1) is 20.4. The Morgan fingerprint density at radius 1 is 1.21 bits per heavy atom. The van der Waals surface area contributed by atoms with E-state index in [2.05, 4.69) is 32.5 Å². The van der Waals surface area contributed by atoms with Crippen LogP contribution in [0.3, 0.4) is 0 Å². The third-order valence-electron chi connectivity index (χ3n) is 5.71. The fraction of sp³-hybridized carbons (Fsp3) is 0.545. The molecule has 1 aromatic heterocycles. The Balaban J connectivity index is 1.61. The first-order chi connectivity index (χ1) is 13.6. The van der Waals surface area contributed by atoms with Gasteiger partial charge in [-0.1, -0.05) is 18.6 Å².